The number of benzene rings is 1. The zero-order chi connectivity index (χ0) is 19.8. The average molecular weight is 409 g/mol. The summed E-state index contributed by atoms with van der Waals surface area (Å²) in [5.41, 5.74) is 5.00. The van der Waals surface area contributed by atoms with Crippen LogP contribution in [0.4, 0.5) is 0 Å². The third-order valence-electron chi connectivity index (χ3n) is 5.56. The lowest BCUT2D eigenvalue weighted by Crippen LogP contribution is -2.42. The number of nitrogens with zero attached hydrogens (tertiary/aromatic N) is 2. The van der Waals surface area contributed by atoms with Gasteiger partial charge in [-0.15, -0.1) is 11.3 Å². The largest absolute Gasteiger partial charge is 0.342 e. The molecule has 0 aliphatic carbocycles. The summed E-state index contributed by atoms with van der Waals surface area (Å²) >= 11 is 1.61. The molecule has 2 heterocycles. The minimum absolute atomic E-state index is 0.124. The molecule has 1 aliphatic rings. The molecule has 0 bridgehead atoms. The Hall–Kier alpha value is -1.47. The Labute approximate surface area is 165 Å². The van der Waals surface area contributed by atoms with Gasteiger partial charge in [-0.05, 0) is 63.6 Å². The van der Waals surface area contributed by atoms with Gasteiger partial charge in [-0.3, -0.25) is 4.79 Å². The average Bonchev–Trinajstić information content (AvgIpc) is 3.06. The Bertz CT molecular complexity index is 934. The van der Waals surface area contributed by atoms with Gasteiger partial charge >= 0.3 is 0 Å². The maximum absolute atomic E-state index is 12.7. The van der Waals surface area contributed by atoms with Gasteiger partial charge in [0, 0.05) is 13.1 Å². The second kappa shape index (κ2) is 7.51. The number of rotatable bonds is 4. The number of aromatic nitrogens is 1. The highest BCUT2D eigenvalue weighted by Gasteiger charge is 2.33. The molecule has 1 fully saturated rings. The number of fused-ring (bicyclic) bond motifs is 1. The smallest absolute Gasteiger partial charge is 0.227 e. The molecule has 0 unspecified atom stereocenters. The number of thiazole rings is 1. The van der Waals surface area contributed by atoms with E-state index in [0.29, 0.717) is 19.5 Å². The molecule has 1 aromatic carbocycles. The molecule has 2 aromatic rings. The number of carbonyl (C=O) groups is 1. The summed E-state index contributed by atoms with van der Waals surface area (Å²) in [6.45, 7) is 8.60. The van der Waals surface area contributed by atoms with E-state index in [1.165, 1.54) is 0 Å². The van der Waals surface area contributed by atoms with Gasteiger partial charge in [-0.25, -0.2) is 13.4 Å². The number of hydrogen-bond acceptors (Lipinski definition) is 5. The lowest BCUT2D eigenvalue weighted by Gasteiger charge is -2.33. The number of sulfone groups is 1. The van der Waals surface area contributed by atoms with Crippen LogP contribution in [0.1, 0.15) is 44.7 Å². The highest BCUT2D eigenvalue weighted by molar-refractivity contribution is 7.92. The molecular weight excluding hydrogens is 380 g/mol. The summed E-state index contributed by atoms with van der Waals surface area (Å²) in [4.78, 5) is 18.9. The van der Waals surface area contributed by atoms with Crippen molar-refractivity contribution in [3.05, 3.63) is 28.8 Å². The van der Waals surface area contributed by atoms with Gasteiger partial charge in [0.25, 0.3) is 0 Å². The van der Waals surface area contributed by atoms with Crippen LogP contribution in [0.3, 0.4) is 0 Å². The van der Waals surface area contributed by atoms with Crippen molar-refractivity contribution in [1.29, 1.82) is 0 Å². The molecule has 0 saturated carbocycles. The van der Waals surface area contributed by atoms with E-state index in [1.54, 1.807) is 32.1 Å². The number of hydrogen-bond donors (Lipinski definition) is 0. The molecule has 0 atom stereocenters. The Morgan fingerprint density at radius 3 is 2.56 bits per heavy atom. The van der Waals surface area contributed by atoms with Crippen LogP contribution in [0.25, 0.3) is 10.2 Å². The van der Waals surface area contributed by atoms with Gasteiger partial charge in [-0.2, -0.15) is 0 Å². The Morgan fingerprint density at radius 1 is 1.26 bits per heavy atom. The lowest BCUT2D eigenvalue weighted by molar-refractivity contribution is -0.131. The third kappa shape index (κ3) is 4.35. The molecule has 3 rings (SSSR count). The van der Waals surface area contributed by atoms with Crippen molar-refractivity contribution in [1.82, 2.24) is 9.88 Å². The monoisotopic (exact) mass is 408 g/mol. The molecule has 148 valence electrons. The molecule has 1 aliphatic heterocycles. The summed E-state index contributed by atoms with van der Waals surface area (Å²) < 4.78 is 25.3. The number of piperidine rings is 1. The van der Waals surface area contributed by atoms with Crippen molar-refractivity contribution in [2.45, 2.75) is 51.7 Å². The van der Waals surface area contributed by atoms with E-state index in [1.807, 2.05) is 29.5 Å². The van der Waals surface area contributed by atoms with Crippen LogP contribution in [0, 0.1) is 12.8 Å². The second-order valence-corrected chi connectivity index (χ2v) is 12.1. The molecule has 5 nitrogen and oxygen atoms in total. The van der Waals surface area contributed by atoms with Crippen molar-refractivity contribution >= 4 is 37.3 Å². The highest BCUT2D eigenvalue weighted by Crippen LogP contribution is 2.27. The summed E-state index contributed by atoms with van der Waals surface area (Å²) in [7, 11) is -3.11. The Balaban J connectivity index is 1.59. The second-order valence-electron chi connectivity index (χ2n) is 8.45. The summed E-state index contributed by atoms with van der Waals surface area (Å²) in [5.74, 6) is 0.493. The molecular formula is C20H28N2O3S2. The van der Waals surface area contributed by atoms with E-state index in [-0.39, 0.29) is 17.6 Å². The number of aryl methyl sites for hydroxylation is 1. The summed E-state index contributed by atoms with van der Waals surface area (Å²) in [6, 6.07) is 3.98. The fraction of sp³-hybridized carbons (Fsp3) is 0.600. The van der Waals surface area contributed by atoms with Crippen molar-refractivity contribution in [3.63, 3.8) is 0 Å². The third-order valence-corrected chi connectivity index (χ3v) is 9.29. The van der Waals surface area contributed by atoms with Crippen LogP contribution < -0.4 is 0 Å². The molecule has 0 N–H and O–H groups in total. The quantitative estimate of drug-likeness (QED) is 0.775. The van der Waals surface area contributed by atoms with Crippen LogP contribution in [-0.2, 0) is 21.1 Å². The van der Waals surface area contributed by atoms with E-state index in [0.717, 1.165) is 34.2 Å². The fourth-order valence-electron chi connectivity index (χ4n) is 3.48. The minimum atomic E-state index is -3.11. The molecule has 0 radical (unpaired) electrons. The van der Waals surface area contributed by atoms with Crippen molar-refractivity contribution in [2.75, 3.05) is 18.8 Å². The summed E-state index contributed by atoms with van der Waals surface area (Å²) in [5, 5.41) is 0. The van der Waals surface area contributed by atoms with Gasteiger partial charge in [0.2, 0.25) is 5.91 Å². The lowest BCUT2D eigenvalue weighted by atomic mass is 9.98. The van der Waals surface area contributed by atoms with Crippen LogP contribution in [0.15, 0.2) is 17.6 Å². The molecule has 0 spiro atoms. The number of likely N-dealkylation sites (tertiary alicyclic amines) is 1. The van der Waals surface area contributed by atoms with E-state index < -0.39 is 14.6 Å². The Kier molecular flexibility index (Phi) is 5.64. The maximum atomic E-state index is 12.7. The first kappa shape index (κ1) is 20.3. The standard InChI is InChI=1S/C20H28N2O3S2/c1-14-16(5-6-17-19(14)26-13-21-17)11-18(23)22-9-7-15(8-10-22)12-27(24,25)20(2,3)4/h5-6,13,15H,7-12H2,1-4H3. The van der Waals surface area contributed by atoms with E-state index in [2.05, 4.69) is 4.98 Å². The SMILES string of the molecule is Cc1c(CC(=O)N2CCC(CS(=O)(=O)C(C)(C)C)CC2)ccc2ncsc12. The first-order valence-electron chi connectivity index (χ1n) is 9.40. The topological polar surface area (TPSA) is 67.3 Å². The predicted molar refractivity (Wildman–Crippen MR) is 111 cm³/mol. The molecule has 1 aromatic heterocycles. The van der Waals surface area contributed by atoms with Gasteiger partial charge in [0.05, 0.1) is 32.6 Å². The number of carbonyl (C=O) groups excluding carboxylic acids is 1. The molecule has 1 amide bonds. The molecule has 27 heavy (non-hydrogen) atoms. The van der Waals surface area contributed by atoms with Crippen molar-refractivity contribution in [2.24, 2.45) is 5.92 Å². The fourth-order valence-corrected chi connectivity index (χ4v) is 5.75. The maximum Gasteiger partial charge on any atom is 0.227 e. The Morgan fingerprint density at radius 2 is 1.93 bits per heavy atom. The van der Waals surface area contributed by atoms with E-state index in [9.17, 15) is 13.2 Å². The zero-order valence-corrected chi connectivity index (χ0v) is 18.1. The van der Waals surface area contributed by atoms with Crippen LogP contribution in [-0.4, -0.2) is 47.8 Å². The first-order chi connectivity index (χ1) is 12.6. The van der Waals surface area contributed by atoms with Gasteiger partial charge in [0.1, 0.15) is 0 Å². The molecule has 1 saturated heterocycles. The van der Waals surface area contributed by atoms with Gasteiger partial charge < -0.3 is 4.90 Å². The van der Waals surface area contributed by atoms with Crippen molar-refractivity contribution < 1.29 is 13.2 Å². The van der Waals surface area contributed by atoms with Crippen LogP contribution >= 0.6 is 11.3 Å². The van der Waals surface area contributed by atoms with E-state index in [4.69, 9.17) is 0 Å². The van der Waals surface area contributed by atoms with E-state index >= 15 is 0 Å². The normalized spacial score (nSPS) is 16.8. The highest BCUT2D eigenvalue weighted by atomic mass is 32.2. The minimum Gasteiger partial charge on any atom is -0.342 e. The predicted octanol–water partition coefficient (Wildman–Crippen LogP) is 3.60. The van der Waals surface area contributed by atoms with Gasteiger partial charge in [0.15, 0.2) is 9.84 Å². The molecule has 7 heteroatoms. The number of amides is 1. The van der Waals surface area contributed by atoms with Crippen LogP contribution in [0.2, 0.25) is 0 Å². The van der Waals surface area contributed by atoms with Crippen LogP contribution in [0.5, 0.6) is 0 Å². The van der Waals surface area contributed by atoms with Crippen molar-refractivity contribution in [3.8, 4) is 0 Å². The van der Waals surface area contributed by atoms with Gasteiger partial charge in [-0.1, -0.05) is 6.07 Å². The summed E-state index contributed by atoms with van der Waals surface area (Å²) in [6.07, 6.45) is 1.91. The zero-order valence-electron chi connectivity index (χ0n) is 16.5. The first-order valence-corrected chi connectivity index (χ1v) is 11.9.